The Morgan fingerprint density at radius 2 is 1.71 bits per heavy atom. The van der Waals surface area contributed by atoms with E-state index in [0.717, 1.165) is 6.92 Å². The summed E-state index contributed by atoms with van der Waals surface area (Å²) < 4.78 is 4.35. The summed E-state index contributed by atoms with van der Waals surface area (Å²) in [6, 6.07) is 4.39. The van der Waals surface area contributed by atoms with Crippen molar-refractivity contribution in [1.82, 2.24) is 0 Å². The van der Waals surface area contributed by atoms with Crippen LogP contribution < -0.4 is 5.73 Å². The van der Waals surface area contributed by atoms with Gasteiger partial charge in [0.25, 0.3) is 5.69 Å². The van der Waals surface area contributed by atoms with Crippen molar-refractivity contribution in [2.45, 2.75) is 25.5 Å². The lowest BCUT2D eigenvalue weighted by Gasteiger charge is -2.11. The molecule has 0 aliphatic heterocycles. The summed E-state index contributed by atoms with van der Waals surface area (Å²) in [5.74, 6) is -2.04. The molecule has 1 unspecified atom stereocenters. The van der Waals surface area contributed by atoms with Crippen molar-refractivity contribution >= 4 is 17.6 Å². The van der Waals surface area contributed by atoms with Crippen molar-refractivity contribution in [3.63, 3.8) is 0 Å². The number of hydrogen-bond acceptors (Lipinski definition) is 9. The molecule has 0 fully saturated rings. The molecule has 0 saturated carbocycles. The Labute approximate surface area is 137 Å². The van der Waals surface area contributed by atoms with Crippen LogP contribution in [0.25, 0.3) is 0 Å². The van der Waals surface area contributed by atoms with Gasteiger partial charge in [-0.3, -0.25) is 10.1 Å². The van der Waals surface area contributed by atoms with E-state index in [2.05, 4.69) is 4.74 Å². The number of nitrogens with two attached hydrogens (primary N) is 1. The summed E-state index contributed by atoms with van der Waals surface area (Å²) in [4.78, 5) is 32.4. The number of hydrogen-bond donors (Lipinski definition) is 4. The highest BCUT2D eigenvalue weighted by atomic mass is 16.6. The predicted molar refractivity (Wildman–Crippen MR) is 81.7 cm³/mol. The normalized spacial score (nSPS) is 12.4. The summed E-state index contributed by atoms with van der Waals surface area (Å²) >= 11 is 0. The van der Waals surface area contributed by atoms with Crippen LogP contribution in [0.1, 0.15) is 12.5 Å². The SMILES string of the molecule is CC(O)C(=O)OC(=O)[C@@H](N)Cc1ccc([N+](=O)[O-])cc1.OCCO. The minimum atomic E-state index is -1.41. The third-order valence-corrected chi connectivity index (χ3v) is 2.55. The van der Waals surface area contributed by atoms with E-state index in [9.17, 15) is 19.7 Å². The number of nitro groups is 1. The van der Waals surface area contributed by atoms with Gasteiger partial charge >= 0.3 is 11.9 Å². The zero-order chi connectivity index (χ0) is 18.7. The highest BCUT2D eigenvalue weighted by molar-refractivity contribution is 5.90. The molecule has 0 spiro atoms. The van der Waals surface area contributed by atoms with Gasteiger partial charge in [0.2, 0.25) is 0 Å². The Kier molecular flexibility index (Phi) is 10.1. The van der Waals surface area contributed by atoms with Crippen LogP contribution in [-0.2, 0) is 20.7 Å². The van der Waals surface area contributed by atoms with Gasteiger partial charge in [-0.1, -0.05) is 12.1 Å². The maximum absolute atomic E-state index is 11.5. The molecule has 10 nitrogen and oxygen atoms in total. The second-order valence-electron chi connectivity index (χ2n) is 4.60. The number of nitrogens with zero attached hydrogens (tertiary/aromatic N) is 1. The van der Waals surface area contributed by atoms with E-state index >= 15 is 0 Å². The van der Waals surface area contributed by atoms with Crippen molar-refractivity contribution in [3.05, 3.63) is 39.9 Å². The van der Waals surface area contributed by atoms with Crippen LogP contribution in [0.15, 0.2) is 24.3 Å². The smallest absolute Gasteiger partial charge is 0.342 e. The first kappa shape index (κ1) is 21.6. The molecular weight excluding hydrogens is 324 g/mol. The summed E-state index contributed by atoms with van der Waals surface area (Å²) in [7, 11) is 0. The predicted octanol–water partition coefficient (Wildman–Crippen LogP) is -1.11. The third-order valence-electron chi connectivity index (χ3n) is 2.55. The summed E-state index contributed by atoms with van der Waals surface area (Å²) in [6.45, 7) is 0.914. The summed E-state index contributed by atoms with van der Waals surface area (Å²) in [5.41, 5.74) is 6.07. The first-order valence-corrected chi connectivity index (χ1v) is 6.87. The van der Waals surface area contributed by atoms with Gasteiger partial charge in [0.05, 0.1) is 18.1 Å². The summed E-state index contributed by atoms with van der Waals surface area (Å²) in [5, 5.41) is 34.6. The number of nitro benzene ring substituents is 1. The van der Waals surface area contributed by atoms with Crippen molar-refractivity contribution in [2.24, 2.45) is 5.73 Å². The lowest BCUT2D eigenvalue weighted by molar-refractivity contribution is -0.384. The first-order valence-electron chi connectivity index (χ1n) is 6.87. The number of ether oxygens (including phenoxy) is 1. The standard InChI is InChI=1S/C12H14N2O6.C2H6O2/c1-7(15)11(16)20-12(17)10(13)6-8-2-4-9(5-3-8)14(18)19;3-1-2-4/h2-5,7,10,15H,6,13H2,1H3;3-4H,1-2H2/t7?,10-;/m0./s1. The van der Waals surface area contributed by atoms with Gasteiger partial charge in [-0.2, -0.15) is 0 Å². The number of esters is 2. The fourth-order valence-corrected chi connectivity index (χ4v) is 1.35. The fraction of sp³-hybridized carbons (Fsp3) is 0.429. The third kappa shape index (κ3) is 8.29. The molecule has 1 rings (SSSR count). The number of rotatable bonds is 6. The lowest BCUT2D eigenvalue weighted by atomic mass is 10.1. The molecule has 134 valence electrons. The van der Waals surface area contributed by atoms with Crippen LogP contribution >= 0.6 is 0 Å². The fourth-order valence-electron chi connectivity index (χ4n) is 1.35. The van der Waals surface area contributed by atoms with Crippen LogP contribution in [0.5, 0.6) is 0 Å². The highest BCUT2D eigenvalue weighted by Crippen LogP contribution is 2.13. The topological polar surface area (TPSA) is 173 Å². The molecule has 0 aliphatic rings. The molecular formula is C14H20N2O8. The van der Waals surface area contributed by atoms with Crippen molar-refractivity contribution in [3.8, 4) is 0 Å². The van der Waals surface area contributed by atoms with Gasteiger partial charge in [0.1, 0.15) is 12.1 Å². The molecule has 0 aromatic heterocycles. The van der Waals surface area contributed by atoms with Gasteiger partial charge < -0.3 is 25.8 Å². The molecule has 10 heteroatoms. The molecule has 0 saturated heterocycles. The number of non-ortho nitro benzene ring substituents is 1. The second-order valence-corrected chi connectivity index (χ2v) is 4.60. The van der Waals surface area contributed by atoms with Crippen LogP contribution in [0, 0.1) is 10.1 Å². The Balaban J connectivity index is 0.00000118. The maximum atomic E-state index is 11.5. The van der Waals surface area contributed by atoms with Crippen molar-refractivity contribution in [2.75, 3.05) is 13.2 Å². The van der Waals surface area contributed by atoms with Crippen molar-refractivity contribution < 1.29 is 34.6 Å². The van der Waals surface area contributed by atoms with E-state index < -0.39 is 29.0 Å². The van der Waals surface area contributed by atoms with Crippen LogP contribution in [0.2, 0.25) is 0 Å². The average Bonchev–Trinajstić information content (AvgIpc) is 2.55. The van der Waals surface area contributed by atoms with Crippen LogP contribution in [-0.4, -0.2) is 57.5 Å². The Hall–Kier alpha value is -2.40. The number of carbonyl (C=O) groups is 2. The molecule has 2 atom stereocenters. The molecule has 0 radical (unpaired) electrons. The Bertz CT molecular complexity index is 542. The molecule has 24 heavy (non-hydrogen) atoms. The number of benzene rings is 1. The van der Waals surface area contributed by atoms with E-state index in [1.54, 1.807) is 0 Å². The van der Waals surface area contributed by atoms with Crippen LogP contribution in [0.3, 0.4) is 0 Å². The number of aliphatic hydroxyl groups is 3. The summed E-state index contributed by atoms with van der Waals surface area (Å²) in [6.07, 6.45) is -1.35. The molecule has 0 bridgehead atoms. The van der Waals surface area contributed by atoms with Gasteiger partial charge in [0.15, 0.2) is 0 Å². The molecule has 0 aliphatic carbocycles. The monoisotopic (exact) mass is 344 g/mol. The van der Waals surface area contributed by atoms with Gasteiger partial charge in [-0.05, 0) is 18.9 Å². The van der Waals surface area contributed by atoms with E-state index in [0.29, 0.717) is 5.56 Å². The molecule has 0 heterocycles. The lowest BCUT2D eigenvalue weighted by Crippen LogP contribution is -2.37. The minimum absolute atomic E-state index is 0.0594. The van der Waals surface area contributed by atoms with Gasteiger partial charge in [-0.15, -0.1) is 0 Å². The number of aliphatic hydroxyl groups excluding tert-OH is 3. The average molecular weight is 344 g/mol. The molecule has 1 aromatic rings. The Morgan fingerprint density at radius 3 is 2.08 bits per heavy atom. The van der Waals surface area contributed by atoms with E-state index in [4.69, 9.17) is 21.1 Å². The van der Waals surface area contributed by atoms with Crippen LogP contribution in [0.4, 0.5) is 5.69 Å². The maximum Gasteiger partial charge on any atom is 0.342 e. The highest BCUT2D eigenvalue weighted by Gasteiger charge is 2.21. The van der Waals surface area contributed by atoms with Gasteiger partial charge in [-0.25, -0.2) is 9.59 Å². The molecule has 1 aromatic carbocycles. The first-order chi connectivity index (χ1) is 11.2. The van der Waals surface area contributed by atoms with Crippen molar-refractivity contribution in [1.29, 1.82) is 0 Å². The van der Waals surface area contributed by atoms with E-state index in [1.165, 1.54) is 24.3 Å². The second kappa shape index (κ2) is 11.2. The van der Waals surface area contributed by atoms with E-state index in [1.807, 2.05) is 0 Å². The molecule has 0 amide bonds. The Morgan fingerprint density at radius 1 is 1.21 bits per heavy atom. The number of carbonyl (C=O) groups excluding carboxylic acids is 2. The zero-order valence-electron chi connectivity index (χ0n) is 13.0. The zero-order valence-corrected chi connectivity index (χ0v) is 13.0. The van der Waals surface area contributed by atoms with E-state index in [-0.39, 0.29) is 25.3 Å². The largest absolute Gasteiger partial charge is 0.394 e. The molecule has 5 N–H and O–H groups in total. The minimum Gasteiger partial charge on any atom is -0.394 e. The quantitative estimate of drug-likeness (QED) is 0.216. The van der Waals surface area contributed by atoms with Gasteiger partial charge in [0, 0.05) is 12.1 Å².